The molecule has 0 amide bonds. The fourth-order valence-corrected chi connectivity index (χ4v) is 2.92. The third kappa shape index (κ3) is 2.82. The molecule has 0 fully saturated rings. The monoisotopic (exact) mass is 328 g/mol. The summed E-state index contributed by atoms with van der Waals surface area (Å²) >= 11 is 0. The van der Waals surface area contributed by atoms with Gasteiger partial charge in [0.05, 0.1) is 13.0 Å². The SMILES string of the molecule is O=C(O)CC1COc2cc(OCc3ccc4c(c3)OCO4)ccc21. The van der Waals surface area contributed by atoms with Gasteiger partial charge in [0.25, 0.3) is 0 Å². The van der Waals surface area contributed by atoms with Gasteiger partial charge in [-0.25, -0.2) is 0 Å². The summed E-state index contributed by atoms with van der Waals surface area (Å²) in [5.41, 5.74) is 1.90. The molecule has 6 heteroatoms. The van der Waals surface area contributed by atoms with Crippen molar-refractivity contribution in [1.82, 2.24) is 0 Å². The summed E-state index contributed by atoms with van der Waals surface area (Å²) in [6, 6.07) is 11.2. The first-order chi connectivity index (χ1) is 11.7. The Balaban J connectivity index is 1.44. The predicted molar refractivity (Wildman–Crippen MR) is 83.8 cm³/mol. The highest BCUT2D eigenvalue weighted by atomic mass is 16.7. The molecule has 1 N–H and O–H groups in total. The second-order valence-corrected chi connectivity index (χ2v) is 5.78. The van der Waals surface area contributed by atoms with Crippen LogP contribution in [0.3, 0.4) is 0 Å². The number of aliphatic carboxylic acids is 1. The first-order valence-corrected chi connectivity index (χ1v) is 7.69. The lowest BCUT2D eigenvalue weighted by Crippen LogP contribution is -2.07. The smallest absolute Gasteiger partial charge is 0.304 e. The molecule has 0 radical (unpaired) electrons. The van der Waals surface area contributed by atoms with E-state index in [0.717, 1.165) is 22.6 Å². The molecule has 6 nitrogen and oxygen atoms in total. The van der Waals surface area contributed by atoms with Crippen LogP contribution in [0.4, 0.5) is 0 Å². The minimum absolute atomic E-state index is 0.0738. The molecule has 124 valence electrons. The molecule has 2 heterocycles. The van der Waals surface area contributed by atoms with Gasteiger partial charge in [-0.1, -0.05) is 12.1 Å². The molecule has 2 aromatic carbocycles. The summed E-state index contributed by atoms with van der Waals surface area (Å²) in [6.45, 7) is 1.04. The second-order valence-electron chi connectivity index (χ2n) is 5.78. The van der Waals surface area contributed by atoms with E-state index < -0.39 is 5.97 Å². The largest absolute Gasteiger partial charge is 0.492 e. The number of rotatable bonds is 5. The fraction of sp³-hybridized carbons (Fsp3) is 0.278. The molecule has 2 aromatic rings. The number of carbonyl (C=O) groups is 1. The number of ether oxygens (including phenoxy) is 4. The molecular weight excluding hydrogens is 312 g/mol. The standard InChI is InChI=1S/C18H16O6/c19-18(20)6-12-9-22-16-7-13(2-3-14(12)16)21-8-11-1-4-15-17(5-11)24-10-23-15/h1-5,7,12H,6,8-10H2,(H,19,20). The lowest BCUT2D eigenvalue weighted by Gasteiger charge is -2.09. The molecule has 0 saturated carbocycles. The van der Waals surface area contributed by atoms with Gasteiger partial charge in [-0.15, -0.1) is 0 Å². The molecular formula is C18H16O6. The van der Waals surface area contributed by atoms with Gasteiger partial charge >= 0.3 is 5.97 Å². The number of fused-ring (bicyclic) bond motifs is 2. The molecule has 0 saturated heterocycles. The Morgan fingerprint density at radius 3 is 2.83 bits per heavy atom. The Morgan fingerprint density at radius 2 is 1.96 bits per heavy atom. The van der Waals surface area contributed by atoms with Crippen LogP contribution in [-0.2, 0) is 11.4 Å². The Labute approximate surface area is 138 Å². The minimum Gasteiger partial charge on any atom is -0.492 e. The number of carboxylic acids is 1. The first kappa shape index (κ1) is 14.7. The van der Waals surface area contributed by atoms with E-state index in [1.807, 2.05) is 36.4 Å². The van der Waals surface area contributed by atoms with Crippen molar-refractivity contribution in [3.8, 4) is 23.0 Å². The molecule has 0 bridgehead atoms. The van der Waals surface area contributed by atoms with E-state index in [1.54, 1.807) is 0 Å². The summed E-state index contributed by atoms with van der Waals surface area (Å²) < 4.78 is 22.0. The van der Waals surface area contributed by atoms with Gasteiger partial charge in [0.15, 0.2) is 11.5 Å². The quantitative estimate of drug-likeness (QED) is 0.909. The number of carboxylic acid groups (broad SMARTS) is 1. The van der Waals surface area contributed by atoms with E-state index in [-0.39, 0.29) is 19.1 Å². The van der Waals surface area contributed by atoms with Crippen LogP contribution in [0.5, 0.6) is 23.0 Å². The third-order valence-corrected chi connectivity index (χ3v) is 4.13. The van der Waals surface area contributed by atoms with Crippen LogP contribution in [0.25, 0.3) is 0 Å². The van der Waals surface area contributed by atoms with Gasteiger partial charge in [-0.05, 0) is 23.8 Å². The van der Waals surface area contributed by atoms with Crippen LogP contribution < -0.4 is 18.9 Å². The van der Waals surface area contributed by atoms with Crippen molar-refractivity contribution in [2.45, 2.75) is 18.9 Å². The van der Waals surface area contributed by atoms with Crippen LogP contribution in [0.1, 0.15) is 23.5 Å². The van der Waals surface area contributed by atoms with Crippen LogP contribution in [0.15, 0.2) is 36.4 Å². The maximum atomic E-state index is 10.9. The average Bonchev–Trinajstić information content (AvgIpc) is 3.18. The van der Waals surface area contributed by atoms with Crippen molar-refractivity contribution in [2.75, 3.05) is 13.4 Å². The summed E-state index contributed by atoms with van der Waals surface area (Å²) in [5, 5.41) is 8.93. The molecule has 1 atom stereocenters. The molecule has 2 aliphatic rings. The molecule has 0 aliphatic carbocycles. The average molecular weight is 328 g/mol. The van der Waals surface area contributed by atoms with E-state index in [4.69, 9.17) is 24.1 Å². The minimum atomic E-state index is -0.820. The summed E-state index contributed by atoms with van der Waals surface area (Å²) in [4.78, 5) is 10.9. The molecule has 24 heavy (non-hydrogen) atoms. The van der Waals surface area contributed by atoms with Gasteiger partial charge < -0.3 is 24.1 Å². The first-order valence-electron chi connectivity index (χ1n) is 7.69. The van der Waals surface area contributed by atoms with Crippen molar-refractivity contribution in [2.24, 2.45) is 0 Å². The highest BCUT2D eigenvalue weighted by molar-refractivity contribution is 5.68. The summed E-state index contributed by atoms with van der Waals surface area (Å²) in [6.07, 6.45) is 0.0738. The van der Waals surface area contributed by atoms with E-state index in [9.17, 15) is 4.79 Å². The maximum Gasteiger partial charge on any atom is 0.304 e. The highest BCUT2D eigenvalue weighted by Gasteiger charge is 2.26. The van der Waals surface area contributed by atoms with E-state index >= 15 is 0 Å². The lowest BCUT2D eigenvalue weighted by atomic mass is 9.98. The Bertz CT molecular complexity index is 785. The van der Waals surface area contributed by atoms with Crippen molar-refractivity contribution in [3.05, 3.63) is 47.5 Å². The van der Waals surface area contributed by atoms with Crippen LogP contribution >= 0.6 is 0 Å². The van der Waals surface area contributed by atoms with Gasteiger partial charge in [0.1, 0.15) is 18.1 Å². The number of hydrogen-bond acceptors (Lipinski definition) is 5. The lowest BCUT2D eigenvalue weighted by molar-refractivity contribution is -0.137. The number of benzene rings is 2. The van der Waals surface area contributed by atoms with Gasteiger partial charge in [-0.3, -0.25) is 4.79 Å². The zero-order chi connectivity index (χ0) is 16.5. The highest BCUT2D eigenvalue weighted by Crippen LogP contribution is 2.38. The van der Waals surface area contributed by atoms with Crippen LogP contribution in [0.2, 0.25) is 0 Å². The zero-order valence-electron chi connectivity index (χ0n) is 12.9. The summed E-state index contributed by atoms with van der Waals surface area (Å²) in [7, 11) is 0. The molecule has 1 unspecified atom stereocenters. The van der Waals surface area contributed by atoms with Gasteiger partial charge in [-0.2, -0.15) is 0 Å². The zero-order valence-corrected chi connectivity index (χ0v) is 12.9. The van der Waals surface area contributed by atoms with Crippen LogP contribution in [-0.4, -0.2) is 24.5 Å². The predicted octanol–water partition coefficient (Wildman–Crippen LogP) is 2.95. The van der Waals surface area contributed by atoms with Crippen molar-refractivity contribution in [1.29, 1.82) is 0 Å². The van der Waals surface area contributed by atoms with Crippen molar-refractivity contribution in [3.63, 3.8) is 0 Å². The normalized spacial score (nSPS) is 17.2. The third-order valence-electron chi connectivity index (χ3n) is 4.13. The van der Waals surface area contributed by atoms with E-state index in [1.165, 1.54) is 0 Å². The topological polar surface area (TPSA) is 74.2 Å². The fourth-order valence-electron chi connectivity index (χ4n) is 2.92. The van der Waals surface area contributed by atoms with Gasteiger partial charge in [0.2, 0.25) is 6.79 Å². The Hall–Kier alpha value is -2.89. The van der Waals surface area contributed by atoms with Crippen LogP contribution in [0, 0.1) is 0 Å². The van der Waals surface area contributed by atoms with Gasteiger partial charge in [0, 0.05) is 17.5 Å². The second kappa shape index (κ2) is 5.96. The maximum absolute atomic E-state index is 10.9. The molecule has 2 aliphatic heterocycles. The van der Waals surface area contributed by atoms with E-state index in [2.05, 4.69) is 0 Å². The molecule has 0 spiro atoms. The van der Waals surface area contributed by atoms with E-state index in [0.29, 0.717) is 24.7 Å². The molecule has 0 aromatic heterocycles. The molecule has 4 rings (SSSR count). The van der Waals surface area contributed by atoms with Crippen molar-refractivity contribution < 1.29 is 28.8 Å². The Morgan fingerprint density at radius 1 is 1.08 bits per heavy atom. The summed E-state index contributed by atoms with van der Waals surface area (Å²) in [5.74, 6) is 1.94. The Kier molecular flexibility index (Phi) is 3.65. The van der Waals surface area contributed by atoms with Crippen molar-refractivity contribution >= 4 is 5.97 Å². The number of hydrogen-bond donors (Lipinski definition) is 1.